The first-order valence-corrected chi connectivity index (χ1v) is 8.68. The molecule has 0 N–H and O–H groups in total. The minimum Gasteiger partial charge on any atom is -0.0891 e. The van der Waals surface area contributed by atoms with Crippen molar-refractivity contribution in [2.75, 3.05) is 0 Å². The Hall–Kier alpha value is -2.80. The molecule has 0 aromatic carbocycles. The molecule has 0 nitrogen and oxygen atoms in total. The lowest BCUT2D eigenvalue weighted by atomic mass is 10.0. The van der Waals surface area contributed by atoms with Gasteiger partial charge in [0.2, 0.25) is 0 Å². The van der Waals surface area contributed by atoms with Crippen LogP contribution in [0.1, 0.15) is 51.4 Å². The fraction of sp³-hybridized carbons (Fsp3) is 0.333. The minimum atomic E-state index is 0.900. The number of allylic oxidation sites excluding steroid dienone is 8. The monoisotopic (exact) mass is 310 g/mol. The van der Waals surface area contributed by atoms with Crippen LogP contribution in [0.3, 0.4) is 0 Å². The molecule has 0 saturated carbocycles. The van der Waals surface area contributed by atoms with Gasteiger partial charge in [0.1, 0.15) is 0 Å². The molecule has 0 heterocycles. The Kier molecular flexibility index (Phi) is 8.58. The summed E-state index contributed by atoms with van der Waals surface area (Å²) in [7, 11) is 0. The van der Waals surface area contributed by atoms with Gasteiger partial charge in [-0.3, -0.25) is 0 Å². The van der Waals surface area contributed by atoms with Crippen LogP contribution < -0.4 is 0 Å². The molecule has 0 atom stereocenters. The van der Waals surface area contributed by atoms with E-state index in [2.05, 4.69) is 71.7 Å². The largest absolute Gasteiger partial charge is 0.0891 e. The van der Waals surface area contributed by atoms with Gasteiger partial charge in [0.15, 0.2) is 0 Å². The van der Waals surface area contributed by atoms with Crippen molar-refractivity contribution in [3.8, 4) is 47.4 Å². The molecule has 0 fully saturated rings. The minimum absolute atomic E-state index is 0.900. The van der Waals surface area contributed by atoms with Gasteiger partial charge in [-0.25, -0.2) is 0 Å². The molecule has 2 aliphatic rings. The van der Waals surface area contributed by atoms with Crippen molar-refractivity contribution >= 4 is 0 Å². The number of hydrogen-bond donors (Lipinski definition) is 0. The molecule has 0 aromatic rings. The Balaban J connectivity index is 2.34. The predicted molar refractivity (Wildman–Crippen MR) is 102 cm³/mol. The summed E-state index contributed by atoms with van der Waals surface area (Å²) in [5, 5.41) is 0. The molecule has 0 heteroatoms. The second kappa shape index (κ2) is 11.7. The second-order valence-electron chi connectivity index (χ2n) is 5.61. The van der Waals surface area contributed by atoms with Crippen molar-refractivity contribution in [3.05, 3.63) is 47.6 Å². The van der Waals surface area contributed by atoms with Crippen LogP contribution in [0.2, 0.25) is 0 Å². The topological polar surface area (TPSA) is 0 Å². The molecule has 0 radical (unpaired) electrons. The number of rotatable bonds is 1. The maximum absolute atomic E-state index is 3.15. The zero-order valence-electron chi connectivity index (χ0n) is 14.1. The Morgan fingerprint density at radius 3 is 1.58 bits per heavy atom. The Morgan fingerprint density at radius 2 is 1.08 bits per heavy atom. The summed E-state index contributed by atoms with van der Waals surface area (Å²) in [6.07, 6.45) is 21.2. The molecule has 0 aliphatic heterocycles. The van der Waals surface area contributed by atoms with Crippen molar-refractivity contribution < 1.29 is 0 Å². The lowest BCUT2D eigenvalue weighted by molar-refractivity contribution is 0.772. The summed E-state index contributed by atoms with van der Waals surface area (Å²) in [4.78, 5) is 0. The highest BCUT2D eigenvalue weighted by Gasteiger charge is 1.98. The zero-order chi connectivity index (χ0) is 16.7. The molecule has 24 heavy (non-hydrogen) atoms. The van der Waals surface area contributed by atoms with Gasteiger partial charge in [-0.1, -0.05) is 48.0 Å². The highest BCUT2D eigenvalue weighted by molar-refractivity contribution is 5.59. The third-order valence-electron chi connectivity index (χ3n) is 3.63. The summed E-state index contributed by atoms with van der Waals surface area (Å²) in [5.41, 5.74) is 1.80. The van der Waals surface area contributed by atoms with E-state index in [1.807, 2.05) is 12.2 Å². The van der Waals surface area contributed by atoms with Gasteiger partial charge in [-0.15, -0.1) is 0 Å². The lowest BCUT2D eigenvalue weighted by Crippen LogP contribution is -1.85. The molecule has 0 amide bonds. The molecule has 2 aliphatic carbocycles. The van der Waals surface area contributed by atoms with Crippen LogP contribution >= 0.6 is 0 Å². The summed E-state index contributed by atoms with van der Waals surface area (Å²) in [6, 6.07) is 0. The van der Waals surface area contributed by atoms with Gasteiger partial charge in [-0.05, 0) is 74.4 Å². The molecule has 2 rings (SSSR count). The highest BCUT2D eigenvalue weighted by atomic mass is 14.0. The molecule has 0 bridgehead atoms. The SMILES string of the molecule is C1#CCCCC\C=C/C=C(/C2=C/C=C\CCCCC#CC#C2)C#C1. The highest BCUT2D eigenvalue weighted by Crippen LogP contribution is 2.11. The van der Waals surface area contributed by atoms with Crippen molar-refractivity contribution in [2.24, 2.45) is 0 Å². The van der Waals surface area contributed by atoms with Crippen LogP contribution in [0.5, 0.6) is 0 Å². The summed E-state index contributed by atoms with van der Waals surface area (Å²) < 4.78 is 0. The van der Waals surface area contributed by atoms with Gasteiger partial charge >= 0.3 is 0 Å². The maximum atomic E-state index is 3.15. The van der Waals surface area contributed by atoms with Gasteiger partial charge in [0.05, 0.1) is 0 Å². The summed E-state index contributed by atoms with van der Waals surface area (Å²) in [6.45, 7) is 0. The molecule has 0 saturated heterocycles. The molecule has 0 unspecified atom stereocenters. The van der Waals surface area contributed by atoms with E-state index in [1.165, 1.54) is 12.8 Å². The zero-order valence-corrected chi connectivity index (χ0v) is 14.1. The van der Waals surface area contributed by atoms with Gasteiger partial charge in [0.25, 0.3) is 0 Å². The van der Waals surface area contributed by atoms with E-state index in [4.69, 9.17) is 0 Å². The van der Waals surface area contributed by atoms with E-state index in [0.29, 0.717) is 0 Å². The van der Waals surface area contributed by atoms with Crippen molar-refractivity contribution in [2.45, 2.75) is 51.4 Å². The predicted octanol–water partition coefficient (Wildman–Crippen LogP) is 5.11. The Labute approximate surface area is 146 Å². The first-order valence-electron chi connectivity index (χ1n) is 8.68. The van der Waals surface area contributed by atoms with E-state index in [-0.39, 0.29) is 0 Å². The normalized spacial score (nSPS) is 24.7. The van der Waals surface area contributed by atoms with Gasteiger partial charge in [0, 0.05) is 24.0 Å². The summed E-state index contributed by atoms with van der Waals surface area (Å²) >= 11 is 0. The van der Waals surface area contributed by atoms with Crippen molar-refractivity contribution in [1.29, 1.82) is 0 Å². The third kappa shape index (κ3) is 7.46. The van der Waals surface area contributed by atoms with E-state index in [9.17, 15) is 0 Å². The van der Waals surface area contributed by atoms with E-state index >= 15 is 0 Å². The van der Waals surface area contributed by atoms with Crippen LogP contribution in [-0.2, 0) is 0 Å². The number of hydrogen-bond acceptors (Lipinski definition) is 0. The Bertz CT molecular complexity index is 711. The van der Waals surface area contributed by atoms with Crippen LogP contribution in [0.4, 0.5) is 0 Å². The third-order valence-corrected chi connectivity index (χ3v) is 3.63. The first-order chi connectivity index (χ1) is 12.0. The van der Waals surface area contributed by atoms with Crippen LogP contribution in [-0.4, -0.2) is 0 Å². The molecular weight excluding hydrogens is 288 g/mol. The average molecular weight is 310 g/mol. The van der Waals surface area contributed by atoms with Crippen molar-refractivity contribution in [3.63, 3.8) is 0 Å². The smallest absolute Gasteiger partial charge is 0.0412 e. The Morgan fingerprint density at radius 1 is 0.583 bits per heavy atom. The van der Waals surface area contributed by atoms with E-state index in [0.717, 1.165) is 49.7 Å². The van der Waals surface area contributed by atoms with Crippen LogP contribution in [0, 0.1) is 47.4 Å². The standard InChI is InChI=1S/C24H22/c1-3-7-11-15-19-23(20-16-12-8-4-1)24-21-17-13-9-5-2-6-10-14-18-22-24/h11,13,15,17,19,21H,1-7,9H2/b15-11-,17-13-,23-19+,24-21+. The van der Waals surface area contributed by atoms with Gasteiger partial charge < -0.3 is 0 Å². The van der Waals surface area contributed by atoms with E-state index in [1.54, 1.807) is 0 Å². The first kappa shape index (κ1) is 17.6. The molecule has 0 spiro atoms. The van der Waals surface area contributed by atoms with Crippen LogP contribution in [0.25, 0.3) is 0 Å². The summed E-state index contributed by atoms with van der Waals surface area (Å²) in [5.74, 6) is 24.3. The quantitative estimate of drug-likeness (QED) is 0.590. The maximum Gasteiger partial charge on any atom is 0.0412 e. The average Bonchev–Trinajstić information content (AvgIpc) is 2.56. The lowest BCUT2D eigenvalue weighted by Gasteiger charge is -1.98. The molecular formula is C24H22. The second-order valence-corrected chi connectivity index (χ2v) is 5.61. The molecule has 0 aromatic heterocycles. The molecule has 118 valence electrons. The van der Waals surface area contributed by atoms with Gasteiger partial charge in [-0.2, -0.15) is 0 Å². The fourth-order valence-corrected chi connectivity index (χ4v) is 2.28. The van der Waals surface area contributed by atoms with Crippen LogP contribution in [0.15, 0.2) is 47.6 Å². The fourth-order valence-electron chi connectivity index (χ4n) is 2.28. The van der Waals surface area contributed by atoms with Crippen molar-refractivity contribution in [1.82, 2.24) is 0 Å². The van der Waals surface area contributed by atoms with E-state index < -0.39 is 0 Å².